The monoisotopic (exact) mass is 522 g/mol. The van der Waals surface area contributed by atoms with Crippen LogP contribution in [-0.4, -0.2) is 77.1 Å². The van der Waals surface area contributed by atoms with Crippen molar-refractivity contribution in [1.29, 1.82) is 0 Å². The molecule has 1 rings (SSSR count). The van der Waals surface area contributed by atoms with E-state index in [1.165, 1.54) is 0 Å². The van der Waals surface area contributed by atoms with Gasteiger partial charge in [0.1, 0.15) is 5.75 Å². The molecular formula is C21H39IN4O3. The minimum absolute atomic E-state index is 0. The Morgan fingerprint density at radius 2 is 1.86 bits per heavy atom. The highest BCUT2D eigenvalue weighted by Gasteiger charge is 2.03. The number of halogens is 1. The zero-order valence-electron chi connectivity index (χ0n) is 18.6. The van der Waals surface area contributed by atoms with E-state index >= 15 is 0 Å². The van der Waals surface area contributed by atoms with Crippen LogP contribution in [0.5, 0.6) is 5.75 Å². The maximum atomic E-state index is 5.70. The fourth-order valence-corrected chi connectivity index (χ4v) is 2.29. The molecule has 0 aromatic heterocycles. The predicted octanol–water partition coefficient (Wildman–Crippen LogP) is 3.45. The van der Waals surface area contributed by atoms with Crippen LogP contribution < -0.4 is 15.4 Å². The molecule has 8 heteroatoms. The van der Waals surface area contributed by atoms with Crippen LogP contribution in [0.3, 0.4) is 0 Å². The molecule has 7 nitrogen and oxygen atoms in total. The molecule has 0 saturated carbocycles. The van der Waals surface area contributed by atoms with Crippen molar-refractivity contribution >= 4 is 35.6 Å². The van der Waals surface area contributed by atoms with Crippen molar-refractivity contribution in [2.24, 2.45) is 4.99 Å². The van der Waals surface area contributed by atoms with E-state index in [4.69, 9.17) is 14.2 Å². The Kier molecular flexibility index (Phi) is 17.1. The lowest BCUT2D eigenvalue weighted by Crippen LogP contribution is -2.37. The number of methoxy groups -OCH3 is 1. The molecule has 2 N–H and O–H groups in total. The topological polar surface area (TPSA) is 67.4 Å². The van der Waals surface area contributed by atoms with Crippen LogP contribution in [-0.2, 0) is 9.47 Å². The first kappa shape index (κ1) is 27.9. The molecular weight excluding hydrogens is 483 g/mol. The summed E-state index contributed by atoms with van der Waals surface area (Å²) in [7, 11) is 3.78. The summed E-state index contributed by atoms with van der Waals surface area (Å²) in [6.45, 7) is 11.6. The summed E-state index contributed by atoms with van der Waals surface area (Å²) >= 11 is 0. The highest BCUT2D eigenvalue weighted by Crippen LogP contribution is 2.16. The lowest BCUT2D eigenvalue weighted by molar-refractivity contribution is 0.0702. The average Bonchev–Trinajstić information content (AvgIpc) is 2.68. The van der Waals surface area contributed by atoms with Crippen LogP contribution in [0.15, 0.2) is 29.3 Å². The van der Waals surface area contributed by atoms with Gasteiger partial charge in [-0.3, -0.25) is 4.99 Å². The van der Waals surface area contributed by atoms with Crippen LogP contribution in [0.4, 0.5) is 5.69 Å². The number of aliphatic imine (C=N–C) groups is 1. The summed E-state index contributed by atoms with van der Waals surface area (Å²) in [4.78, 5) is 6.92. The number of rotatable bonds is 14. The quantitative estimate of drug-likeness (QED) is 0.169. The number of hydrogen-bond donors (Lipinski definition) is 2. The highest BCUT2D eigenvalue weighted by atomic mass is 127. The molecule has 0 aliphatic rings. The standard InChI is InChI=1S/C21H38N4O3.HI/c1-6-25(4)14-13-23-21(22-12-7-15-27-17-16-26-5)24-19-8-10-20(11-9-19)28-18(2)3;/h8-11,18H,6-7,12-17H2,1-5H3,(H2,22,23,24);1H. The molecule has 0 spiro atoms. The number of ether oxygens (including phenoxy) is 3. The fraction of sp³-hybridized carbons (Fsp3) is 0.667. The molecule has 0 bridgehead atoms. The summed E-state index contributed by atoms with van der Waals surface area (Å²) in [6.07, 6.45) is 1.03. The highest BCUT2D eigenvalue weighted by molar-refractivity contribution is 14.0. The van der Waals surface area contributed by atoms with Crippen molar-refractivity contribution in [1.82, 2.24) is 10.2 Å². The Morgan fingerprint density at radius 3 is 2.48 bits per heavy atom. The molecule has 0 aliphatic carbocycles. The fourth-order valence-electron chi connectivity index (χ4n) is 2.29. The van der Waals surface area contributed by atoms with Crippen molar-refractivity contribution in [2.75, 3.05) is 65.5 Å². The minimum Gasteiger partial charge on any atom is -0.491 e. The van der Waals surface area contributed by atoms with Crippen LogP contribution in [0.2, 0.25) is 0 Å². The van der Waals surface area contributed by atoms with Gasteiger partial charge in [0.25, 0.3) is 0 Å². The number of anilines is 1. The van der Waals surface area contributed by atoms with Gasteiger partial charge in [-0.15, -0.1) is 24.0 Å². The third-order valence-corrected chi connectivity index (χ3v) is 3.96. The van der Waals surface area contributed by atoms with Gasteiger partial charge in [-0.2, -0.15) is 0 Å². The van der Waals surface area contributed by atoms with Gasteiger partial charge in [-0.25, -0.2) is 0 Å². The Morgan fingerprint density at radius 1 is 1.14 bits per heavy atom. The maximum Gasteiger partial charge on any atom is 0.195 e. The molecule has 29 heavy (non-hydrogen) atoms. The first-order valence-corrected chi connectivity index (χ1v) is 10.1. The smallest absolute Gasteiger partial charge is 0.195 e. The third kappa shape index (κ3) is 14.5. The van der Waals surface area contributed by atoms with E-state index in [1.54, 1.807) is 7.11 Å². The minimum atomic E-state index is 0. The van der Waals surface area contributed by atoms with Gasteiger partial charge < -0.3 is 29.7 Å². The summed E-state index contributed by atoms with van der Waals surface area (Å²) in [6, 6.07) is 7.94. The van der Waals surface area contributed by atoms with E-state index in [-0.39, 0.29) is 30.1 Å². The Labute approximate surface area is 193 Å². The summed E-state index contributed by atoms with van der Waals surface area (Å²) < 4.78 is 16.2. The number of likely N-dealkylation sites (N-methyl/N-ethyl adjacent to an activating group) is 1. The lowest BCUT2D eigenvalue weighted by Gasteiger charge is -2.17. The number of nitrogens with one attached hydrogen (secondary N) is 2. The summed E-state index contributed by atoms with van der Waals surface area (Å²) in [5, 5.41) is 6.76. The average molecular weight is 522 g/mol. The van der Waals surface area contributed by atoms with E-state index in [2.05, 4.69) is 34.5 Å². The lowest BCUT2D eigenvalue weighted by atomic mass is 10.3. The van der Waals surface area contributed by atoms with Crippen molar-refractivity contribution in [2.45, 2.75) is 33.3 Å². The molecule has 0 unspecified atom stereocenters. The molecule has 0 heterocycles. The van der Waals surface area contributed by atoms with E-state index in [0.29, 0.717) is 26.4 Å². The Balaban J connectivity index is 0.00000784. The van der Waals surface area contributed by atoms with E-state index < -0.39 is 0 Å². The van der Waals surface area contributed by atoms with Gasteiger partial charge in [-0.05, 0) is 58.1 Å². The molecule has 0 fully saturated rings. The molecule has 0 aliphatic heterocycles. The number of hydrogen-bond acceptors (Lipinski definition) is 5. The van der Waals surface area contributed by atoms with Gasteiger partial charge in [0.05, 0.1) is 19.3 Å². The Hall–Kier alpha value is -1.10. The predicted molar refractivity (Wildman–Crippen MR) is 132 cm³/mol. The van der Waals surface area contributed by atoms with Crippen LogP contribution in [0.1, 0.15) is 27.2 Å². The molecule has 0 radical (unpaired) electrons. The number of nitrogens with zero attached hydrogens (tertiary/aromatic N) is 2. The van der Waals surface area contributed by atoms with Gasteiger partial charge in [0.2, 0.25) is 0 Å². The van der Waals surface area contributed by atoms with Gasteiger partial charge in [-0.1, -0.05) is 6.92 Å². The first-order valence-electron chi connectivity index (χ1n) is 10.1. The normalized spacial score (nSPS) is 11.5. The third-order valence-electron chi connectivity index (χ3n) is 3.96. The molecule has 1 aromatic carbocycles. The van der Waals surface area contributed by atoms with E-state index in [0.717, 1.165) is 43.5 Å². The van der Waals surface area contributed by atoms with Crippen LogP contribution in [0.25, 0.3) is 0 Å². The van der Waals surface area contributed by atoms with Crippen LogP contribution in [0, 0.1) is 0 Å². The molecule has 168 valence electrons. The van der Waals surface area contributed by atoms with Gasteiger partial charge in [0.15, 0.2) is 5.96 Å². The zero-order valence-corrected chi connectivity index (χ0v) is 20.9. The van der Waals surface area contributed by atoms with Gasteiger partial charge >= 0.3 is 0 Å². The molecule has 0 atom stereocenters. The second kappa shape index (κ2) is 17.7. The zero-order chi connectivity index (χ0) is 20.6. The summed E-state index contributed by atoms with van der Waals surface area (Å²) in [5.74, 6) is 1.64. The Bertz CT molecular complexity index is 541. The van der Waals surface area contributed by atoms with Crippen molar-refractivity contribution in [3.63, 3.8) is 0 Å². The van der Waals surface area contributed by atoms with Crippen molar-refractivity contribution in [3.05, 3.63) is 24.3 Å². The van der Waals surface area contributed by atoms with Crippen molar-refractivity contribution in [3.8, 4) is 5.75 Å². The SMILES string of the molecule is CCN(C)CCNC(=NCCCOCCOC)Nc1ccc(OC(C)C)cc1.I. The molecule has 0 saturated heterocycles. The molecule has 1 aromatic rings. The molecule has 0 amide bonds. The largest absolute Gasteiger partial charge is 0.491 e. The van der Waals surface area contributed by atoms with Gasteiger partial charge in [0, 0.05) is 39.0 Å². The van der Waals surface area contributed by atoms with Crippen molar-refractivity contribution < 1.29 is 14.2 Å². The maximum absolute atomic E-state index is 5.70. The van der Waals surface area contributed by atoms with Crippen LogP contribution >= 0.6 is 24.0 Å². The summed E-state index contributed by atoms with van der Waals surface area (Å²) in [5.41, 5.74) is 0.975. The second-order valence-corrected chi connectivity index (χ2v) is 6.83. The number of benzene rings is 1. The second-order valence-electron chi connectivity index (χ2n) is 6.83. The van der Waals surface area contributed by atoms with E-state index in [9.17, 15) is 0 Å². The first-order chi connectivity index (χ1) is 13.5. The van der Waals surface area contributed by atoms with E-state index in [1.807, 2.05) is 38.1 Å². The number of guanidine groups is 1.